The van der Waals surface area contributed by atoms with Gasteiger partial charge in [0.15, 0.2) is 0 Å². The molecule has 1 aromatic rings. The van der Waals surface area contributed by atoms with Crippen molar-refractivity contribution in [1.82, 2.24) is 25.5 Å². The van der Waals surface area contributed by atoms with Crippen LogP contribution in [0.25, 0.3) is 0 Å². The third kappa shape index (κ3) is 2.68. The van der Waals surface area contributed by atoms with E-state index in [4.69, 9.17) is 0 Å². The second-order valence-corrected chi connectivity index (χ2v) is 4.58. The van der Waals surface area contributed by atoms with Gasteiger partial charge in [0.25, 0.3) is 0 Å². The highest BCUT2D eigenvalue weighted by atomic mass is 32.2. The van der Waals surface area contributed by atoms with Crippen molar-refractivity contribution >= 4 is 11.8 Å². The molecular formula is C8H15N5S. The number of hydrogen-bond donors (Lipinski definition) is 1. The lowest BCUT2D eigenvalue weighted by molar-refractivity contribution is 0.509. The normalized spacial score (nSPS) is 16.1. The number of aromatic nitrogens is 4. The van der Waals surface area contributed by atoms with Gasteiger partial charge in [-0.25, -0.2) is 4.68 Å². The molecule has 0 aromatic carbocycles. The first-order valence-electron chi connectivity index (χ1n) is 5.02. The van der Waals surface area contributed by atoms with Crippen LogP contribution in [0.1, 0.15) is 19.8 Å². The Bertz CT molecular complexity index is 283. The molecule has 1 saturated carbocycles. The number of hydrogen-bond acceptors (Lipinski definition) is 5. The molecule has 0 aliphatic heterocycles. The van der Waals surface area contributed by atoms with Crippen molar-refractivity contribution in [2.75, 3.05) is 12.3 Å². The molecule has 1 aliphatic carbocycles. The lowest BCUT2D eigenvalue weighted by atomic mass is 10.6. The molecule has 0 saturated heterocycles. The number of thioether (sulfide) groups is 1. The summed E-state index contributed by atoms with van der Waals surface area (Å²) in [6.45, 7) is 3.94. The van der Waals surface area contributed by atoms with E-state index in [-0.39, 0.29) is 0 Å². The molecule has 2 rings (SSSR count). The lowest BCUT2D eigenvalue weighted by Crippen LogP contribution is -2.22. The summed E-state index contributed by atoms with van der Waals surface area (Å²) in [5.41, 5.74) is 0. The SMILES string of the molecule is CCSc1nnnn1CCNC1CC1. The van der Waals surface area contributed by atoms with E-state index in [2.05, 4.69) is 27.8 Å². The second kappa shape index (κ2) is 4.75. The highest BCUT2D eigenvalue weighted by molar-refractivity contribution is 7.99. The molecule has 78 valence electrons. The predicted molar refractivity (Wildman–Crippen MR) is 55.2 cm³/mol. The van der Waals surface area contributed by atoms with Crippen LogP contribution < -0.4 is 5.32 Å². The van der Waals surface area contributed by atoms with Gasteiger partial charge in [-0.3, -0.25) is 0 Å². The molecule has 1 aliphatic rings. The van der Waals surface area contributed by atoms with Crippen LogP contribution in [-0.2, 0) is 6.54 Å². The Kier molecular flexibility index (Phi) is 3.36. The number of rotatable bonds is 6. The average molecular weight is 213 g/mol. The average Bonchev–Trinajstić information content (AvgIpc) is 2.89. The molecule has 0 bridgehead atoms. The van der Waals surface area contributed by atoms with E-state index in [1.165, 1.54) is 12.8 Å². The van der Waals surface area contributed by atoms with Crippen molar-refractivity contribution in [3.05, 3.63) is 0 Å². The molecule has 1 fully saturated rings. The maximum absolute atomic E-state index is 3.96. The fourth-order valence-electron chi connectivity index (χ4n) is 1.23. The second-order valence-electron chi connectivity index (χ2n) is 3.35. The van der Waals surface area contributed by atoms with Gasteiger partial charge in [-0.1, -0.05) is 18.7 Å². The minimum Gasteiger partial charge on any atom is -0.312 e. The first-order valence-corrected chi connectivity index (χ1v) is 6.01. The summed E-state index contributed by atoms with van der Waals surface area (Å²) in [5, 5.41) is 15.9. The van der Waals surface area contributed by atoms with Crippen LogP contribution in [0, 0.1) is 0 Å². The van der Waals surface area contributed by atoms with Gasteiger partial charge in [0.1, 0.15) is 0 Å². The van der Waals surface area contributed by atoms with Crippen LogP contribution in [-0.4, -0.2) is 38.5 Å². The number of nitrogens with zero attached hydrogens (tertiary/aromatic N) is 4. The van der Waals surface area contributed by atoms with Gasteiger partial charge in [-0.2, -0.15) is 0 Å². The van der Waals surface area contributed by atoms with E-state index >= 15 is 0 Å². The molecule has 1 aromatic heterocycles. The number of tetrazole rings is 1. The van der Waals surface area contributed by atoms with Crippen LogP contribution >= 0.6 is 11.8 Å². The maximum atomic E-state index is 3.96. The first kappa shape index (κ1) is 9.92. The van der Waals surface area contributed by atoms with Crippen LogP contribution in [0.2, 0.25) is 0 Å². The topological polar surface area (TPSA) is 55.6 Å². The summed E-state index contributed by atoms with van der Waals surface area (Å²) in [6.07, 6.45) is 2.65. The van der Waals surface area contributed by atoms with Crippen molar-refractivity contribution in [2.45, 2.75) is 37.5 Å². The molecule has 0 spiro atoms. The Labute approximate surface area is 87.6 Å². The highest BCUT2D eigenvalue weighted by Gasteiger charge is 2.19. The summed E-state index contributed by atoms with van der Waals surface area (Å²) in [7, 11) is 0. The Balaban J connectivity index is 1.78. The molecule has 0 unspecified atom stereocenters. The van der Waals surface area contributed by atoms with Gasteiger partial charge >= 0.3 is 0 Å². The molecule has 0 atom stereocenters. The van der Waals surface area contributed by atoms with E-state index in [0.29, 0.717) is 0 Å². The minimum absolute atomic E-state index is 0.758. The Hall–Kier alpha value is -0.620. The van der Waals surface area contributed by atoms with Crippen molar-refractivity contribution in [3.8, 4) is 0 Å². The Morgan fingerprint density at radius 2 is 2.43 bits per heavy atom. The molecule has 1 N–H and O–H groups in total. The van der Waals surface area contributed by atoms with Crippen LogP contribution in [0.4, 0.5) is 0 Å². The molecular weight excluding hydrogens is 198 g/mol. The quantitative estimate of drug-likeness (QED) is 0.699. The van der Waals surface area contributed by atoms with Crippen molar-refractivity contribution in [1.29, 1.82) is 0 Å². The predicted octanol–water partition coefficient (Wildman–Crippen LogP) is 0.537. The van der Waals surface area contributed by atoms with Crippen molar-refractivity contribution < 1.29 is 0 Å². The zero-order valence-corrected chi connectivity index (χ0v) is 9.13. The largest absolute Gasteiger partial charge is 0.312 e. The minimum atomic E-state index is 0.758. The summed E-state index contributed by atoms with van der Waals surface area (Å²) in [6, 6.07) is 0.758. The standard InChI is InChI=1S/C8H15N5S/c1-2-14-8-10-11-12-13(8)6-5-9-7-3-4-7/h7,9H,2-6H2,1H3. The lowest BCUT2D eigenvalue weighted by Gasteiger charge is -2.03. The van der Waals surface area contributed by atoms with Gasteiger partial charge in [0.2, 0.25) is 5.16 Å². The van der Waals surface area contributed by atoms with Crippen molar-refractivity contribution in [3.63, 3.8) is 0 Å². The van der Waals surface area contributed by atoms with Gasteiger partial charge in [-0.15, -0.1) is 5.10 Å². The molecule has 0 radical (unpaired) electrons. The smallest absolute Gasteiger partial charge is 0.209 e. The Morgan fingerprint density at radius 3 is 3.14 bits per heavy atom. The fraction of sp³-hybridized carbons (Fsp3) is 0.875. The van der Waals surface area contributed by atoms with Gasteiger partial charge in [0, 0.05) is 12.6 Å². The first-order chi connectivity index (χ1) is 6.90. The van der Waals surface area contributed by atoms with Crippen molar-refractivity contribution in [2.24, 2.45) is 0 Å². The van der Waals surface area contributed by atoms with Crippen LogP contribution in [0.3, 0.4) is 0 Å². The summed E-state index contributed by atoms with van der Waals surface area (Å²) in [4.78, 5) is 0. The molecule has 1 heterocycles. The molecule has 0 amide bonds. The zero-order valence-electron chi connectivity index (χ0n) is 8.31. The van der Waals surface area contributed by atoms with Gasteiger partial charge in [-0.05, 0) is 29.0 Å². The third-order valence-corrected chi connectivity index (χ3v) is 2.95. The van der Waals surface area contributed by atoms with E-state index in [9.17, 15) is 0 Å². The molecule has 5 nitrogen and oxygen atoms in total. The van der Waals surface area contributed by atoms with E-state index < -0.39 is 0 Å². The van der Waals surface area contributed by atoms with E-state index in [1.54, 1.807) is 11.8 Å². The summed E-state index contributed by atoms with van der Waals surface area (Å²) < 4.78 is 1.86. The third-order valence-electron chi connectivity index (χ3n) is 2.11. The van der Waals surface area contributed by atoms with Crippen LogP contribution in [0.5, 0.6) is 0 Å². The fourth-order valence-corrected chi connectivity index (χ4v) is 1.86. The summed E-state index contributed by atoms with van der Waals surface area (Å²) in [5.74, 6) is 1.01. The molecule has 6 heteroatoms. The Morgan fingerprint density at radius 1 is 1.57 bits per heavy atom. The maximum Gasteiger partial charge on any atom is 0.209 e. The van der Waals surface area contributed by atoms with Gasteiger partial charge in [0.05, 0.1) is 6.54 Å². The van der Waals surface area contributed by atoms with E-state index in [0.717, 1.165) is 30.0 Å². The van der Waals surface area contributed by atoms with E-state index in [1.807, 2.05) is 4.68 Å². The van der Waals surface area contributed by atoms with Crippen LogP contribution in [0.15, 0.2) is 5.16 Å². The van der Waals surface area contributed by atoms with Gasteiger partial charge < -0.3 is 5.32 Å². The molecule has 14 heavy (non-hydrogen) atoms. The summed E-state index contributed by atoms with van der Waals surface area (Å²) >= 11 is 1.68. The highest BCUT2D eigenvalue weighted by Crippen LogP contribution is 2.18. The zero-order chi connectivity index (χ0) is 9.80. The number of nitrogens with one attached hydrogen (secondary N) is 1. The monoisotopic (exact) mass is 213 g/mol.